The maximum absolute atomic E-state index is 11.4. The average molecular weight is 269 g/mol. The van der Waals surface area contributed by atoms with Crippen LogP contribution in [0.15, 0.2) is 48.0 Å². The number of aromatic nitrogens is 1. The number of para-hydroxylation sites is 1. The second kappa shape index (κ2) is 4.74. The number of carbonyl (C=O) groups is 1. The van der Waals surface area contributed by atoms with E-state index >= 15 is 0 Å². The molecule has 0 atom stereocenters. The molecular formula is C15H11NO2S. The molecule has 3 aromatic rings. The lowest BCUT2D eigenvalue weighted by atomic mass is 10.1. The van der Waals surface area contributed by atoms with E-state index in [4.69, 9.17) is 0 Å². The van der Waals surface area contributed by atoms with E-state index in [1.54, 1.807) is 6.08 Å². The molecule has 0 amide bonds. The third-order valence-corrected chi connectivity index (χ3v) is 3.84. The van der Waals surface area contributed by atoms with Crippen LogP contribution in [-0.4, -0.2) is 16.1 Å². The van der Waals surface area contributed by atoms with Crippen LogP contribution >= 0.6 is 11.3 Å². The number of hydrogen-bond acceptors (Lipinski definition) is 2. The molecule has 2 heterocycles. The Morgan fingerprint density at radius 2 is 2.05 bits per heavy atom. The molecule has 0 fully saturated rings. The summed E-state index contributed by atoms with van der Waals surface area (Å²) in [6, 6.07) is 11.5. The second-order valence-corrected chi connectivity index (χ2v) is 5.08. The molecule has 19 heavy (non-hydrogen) atoms. The van der Waals surface area contributed by atoms with E-state index < -0.39 is 5.97 Å². The van der Waals surface area contributed by atoms with E-state index in [0.29, 0.717) is 5.57 Å². The minimum absolute atomic E-state index is 0.319. The van der Waals surface area contributed by atoms with Crippen molar-refractivity contribution in [3.63, 3.8) is 0 Å². The first-order valence-electron chi connectivity index (χ1n) is 5.80. The molecule has 0 saturated heterocycles. The van der Waals surface area contributed by atoms with Gasteiger partial charge >= 0.3 is 5.97 Å². The number of carboxylic acids is 1. The van der Waals surface area contributed by atoms with Crippen LogP contribution in [0.2, 0.25) is 0 Å². The van der Waals surface area contributed by atoms with Crippen molar-refractivity contribution in [3.05, 3.63) is 58.4 Å². The van der Waals surface area contributed by atoms with E-state index in [1.807, 2.05) is 48.0 Å². The fourth-order valence-corrected chi connectivity index (χ4v) is 2.77. The van der Waals surface area contributed by atoms with E-state index in [1.165, 1.54) is 11.3 Å². The molecule has 2 aromatic heterocycles. The number of nitrogens with one attached hydrogen (secondary N) is 1. The lowest BCUT2D eigenvalue weighted by Gasteiger charge is -1.98. The minimum atomic E-state index is -0.910. The molecule has 0 aliphatic rings. The van der Waals surface area contributed by atoms with E-state index in [9.17, 15) is 9.90 Å². The van der Waals surface area contributed by atoms with Crippen molar-refractivity contribution >= 4 is 39.9 Å². The number of aromatic amines is 1. The van der Waals surface area contributed by atoms with Crippen molar-refractivity contribution in [2.45, 2.75) is 0 Å². The van der Waals surface area contributed by atoms with Gasteiger partial charge in [0.25, 0.3) is 0 Å². The molecule has 0 bridgehead atoms. The van der Waals surface area contributed by atoms with Crippen LogP contribution in [0.1, 0.15) is 10.4 Å². The van der Waals surface area contributed by atoms with Crippen molar-refractivity contribution in [2.75, 3.05) is 0 Å². The third-order valence-electron chi connectivity index (χ3n) is 2.94. The van der Waals surface area contributed by atoms with Gasteiger partial charge in [0.15, 0.2) is 0 Å². The molecule has 0 aliphatic carbocycles. The average Bonchev–Trinajstić information content (AvgIpc) is 3.05. The van der Waals surface area contributed by atoms with Crippen molar-refractivity contribution in [1.29, 1.82) is 0 Å². The molecule has 0 spiro atoms. The Labute approximate surface area is 113 Å². The maximum Gasteiger partial charge on any atom is 0.337 e. The summed E-state index contributed by atoms with van der Waals surface area (Å²) in [7, 11) is 0. The highest BCUT2D eigenvalue weighted by Crippen LogP contribution is 2.26. The molecule has 0 saturated carbocycles. The molecule has 1 aromatic carbocycles. The summed E-state index contributed by atoms with van der Waals surface area (Å²) in [5.41, 5.74) is 2.21. The van der Waals surface area contributed by atoms with Gasteiger partial charge in [-0.15, -0.1) is 11.3 Å². The number of rotatable bonds is 3. The van der Waals surface area contributed by atoms with E-state index in [0.717, 1.165) is 21.3 Å². The molecule has 94 valence electrons. The van der Waals surface area contributed by atoms with Gasteiger partial charge in [-0.05, 0) is 23.6 Å². The Morgan fingerprint density at radius 3 is 2.79 bits per heavy atom. The molecule has 3 rings (SSSR count). The van der Waals surface area contributed by atoms with Crippen molar-refractivity contribution in [3.8, 4) is 0 Å². The van der Waals surface area contributed by atoms with Gasteiger partial charge in [-0.25, -0.2) is 4.79 Å². The maximum atomic E-state index is 11.4. The summed E-state index contributed by atoms with van der Waals surface area (Å²) in [4.78, 5) is 15.3. The zero-order valence-corrected chi connectivity index (χ0v) is 10.8. The summed E-state index contributed by atoms with van der Waals surface area (Å²) in [5.74, 6) is -0.910. The molecule has 3 nitrogen and oxygen atoms in total. The fraction of sp³-hybridized carbons (Fsp3) is 0. The van der Waals surface area contributed by atoms with Crippen LogP contribution < -0.4 is 0 Å². The SMILES string of the molecule is O=C(O)C(=Cc1c[nH]c2ccccc12)c1cccs1. The zero-order valence-electron chi connectivity index (χ0n) is 9.96. The number of H-pyrrole nitrogens is 1. The molecule has 0 radical (unpaired) electrons. The smallest absolute Gasteiger partial charge is 0.337 e. The third kappa shape index (κ3) is 2.18. The Balaban J connectivity index is 2.15. The number of aliphatic carboxylic acids is 1. The van der Waals surface area contributed by atoms with Crippen LogP contribution in [0.25, 0.3) is 22.6 Å². The number of hydrogen-bond donors (Lipinski definition) is 2. The van der Waals surface area contributed by atoms with Gasteiger partial charge in [0.1, 0.15) is 0 Å². The van der Waals surface area contributed by atoms with Gasteiger partial charge in [0.05, 0.1) is 5.57 Å². The Morgan fingerprint density at radius 1 is 1.21 bits per heavy atom. The molecular weight excluding hydrogens is 258 g/mol. The number of carboxylic acid groups (broad SMARTS) is 1. The summed E-state index contributed by atoms with van der Waals surface area (Å²) >= 11 is 1.43. The molecule has 0 aliphatic heterocycles. The first-order chi connectivity index (χ1) is 9.25. The van der Waals surface area contributed by atoms with Crippen LogP contribution in [0.5, 0.6) is 0 Å². The van der Waals surface area contributed by atoms with Crippen molar-refractivity contribution in [2.24, 2.45) is 0 Å². The highest BCUT2D eigenvalue weighted by molar-refractivity contribution is 7.11. The van der Waals surface area contributed by atoms with Crippen molar-refractivity contribution < 1.29 is 9.90 Å². The Bertz CT molecular complexity index is 753. The summed E-state index contributed by atoms with van der Waals surface area (Å²) in [6.45, 7) is 0. The van der Waals surface area contributed by atoms with E-state index in [2.05, 4.69) is 4.98 Å². The topological polar surface area (TPSA) is 53.1 Å². The van der Waals surface area contributed by atoms with Crippen LogP contribution in [0, 0.1) is 0 Å². The highest BCUT2D eigenvalue weighted by Gasteiger charge is 2.12. The van der Waals surface area contributed by atoms with Gasteiger partial charge in [0, 0.05) is 27.5 Å². The Hall–Kier alpha value is -2.33. The lowest BCUT2D eigenvalue weighted by Crippen LogP contribution is -1.97. The van der Waals surface area contributed by atoms with Crippen LogP contribution in [0.4, 0.5) is 0 Å². The van der Waals surface area contributed by atoms with Gasteiger partial charge in [-0.3, -0.25) is 0 Å². The summed E-state index contributed by atoms with van der Waals surface area (Å²) in [6.07, 6.45) is 3.55. The molecule has 4 heteroatoms. The fourth-order valence-electron chi connectivity index (χ4n) is 2.04. The van der Waals surface area contributed by atoms with E-state index in [-0.39, 0.29) is 0 Å². The predicted octanol–water partition coefficient (Wildman–Crippen LogP) is 3.85. The molecule has 2 N–H and O–H groups in total. The van der Waals surface area contributed by atoms with Gasteiger partial charge in [-0.2, -0.15) is 0 Å². The highest BCUT2D eigenvalue weighted by atomic mass is 32.1. The summed E-state index contributed by atoms with van der Waals surface area (Å²) < 4.78 is 0. The normalized spacial score (nSPS) is 11.9. The van der Waals surface area contributed by atoms with Crippen LogP contribution in [0.3, 0.4) is 0 Å². The van der Waals surface area contributed by atoms with Crippen LogP contribution in [-0.2, 0) is 4.79 Å². The molecule has 0 unspecified atom stereocenters. The lowest BCUT2D eigenvalue weighted by molar-refractivity contribution is -0.130. The first kappa shape index (κ1) is 11.7. The Kier molecular flexibility index (Phi) is 2.93. The first-order valence-corrected chi connectivity index (χ1v) is 6.68. The van der Waals surface area contributed by atoms with Gasteiger partial charge < -0.3 is 10.1 Å². The number of fused-ring (bicyclic) bond motifs is 1. The second-order valence-electron chi connectivity index (χ2n) is 4.13. The quantitative estimate of drug-likeness (QED) is 0.709. The monoisotopic (exact) mass is 269 g/mol. The summed E-state index contributed by atoms with van der Waals surface area (Å²) in [5, 5.41) is 12.2. The number of thiophene rings is 1. The number of benzene rings is 1. The minimum Gasteiger partial charge on any atom is -0.478 e. The predicted molar refractivity (Wildman–Crippen MR) is 78.1 cm³/mol. The van der Waals surface area contributed by atoms with Gasteiger partial charge in [-0.1, -0.05) is 24.3 Å². The van der Waals surface area contributed by atoms with Crippen molar-refractivity contribution in [1.82, 2.24) is 4.98 Å². The largest absolute Gasteiger partial charge is 0.478 e. The van der Waals surface area contributed by atoms with Gasteiger partial charge in [0.2, 0.25) is 0 Å². The zero-order chi connectivity index (χ0) is 13.2. The standard InChI is InChI=1S/C15H11NO2S/c17-15(18)12(14-6-3-7-19-14)8-10-9-16-13-5-2-1-4-11(10)13/h1-9,16H,(H,17,18).